The van der Waals surface area contributed by atoms with Gasteiger partial charge in [-0.15, -0.1) is 0 Å². The standard InChI is InChI=1S/C11H9N3O3/c1-7(13)10(6-12)11(15)8-3-2-4-9(5-8)14(16)17/h2-5H,13H2,1H3/b10-7-. The summed E-state index contributed by atoms with van der Waals surface area (Å²) < 4.78 is 0. The van der Waals surface area contributed by atoms with Gasteiger partial charge in [0.2, 0.25) is 5.78 Å². The molecule has 0 fully saturated rings. The molecule has 0 aliphatic rings. The largest absolute Gasteiger partial charge is 0.401 e. The first-order chi connectivity index (χ1) is 7.97. The summed E-state index contributed by atoms with van der Waals surface area (Å²) >= 11 is 0. The Morgan fingerprint density at radius 1 is 1.53 bits per heavy atom. The quantitative estimate of drug-likeness (QED) is 0.279. The van der Waals surface area contributed by atoms with Gasteiger partial charge in [0.25, 0.3) is 5.69 Å². The highest BCUT2D eigenvalue weighted by Gasteiger charge is 2.16. The SMILES string of the molecule is C/C(N)=C(\C#N)C(=O)c1cccc([N+](=O)[O-])c1. The first-order valence-corrected chi connectivity index (χ1v) is 4.63. The van der Waals surface area contributed by atoms with E-state index < -0.39 is 10.7 Å². The van der Waals surface area contributed by atoms with Crippen LogP contribution in [0.2, 0.25) is 0 Å². The Labute approximate surface area is 97.1 Å². The molecule has 0 radical (unpaired) electrons. The Hall–Kier alpha value is -2.68. The number of hydrogen-bond acceptors (Lipinski definition) is 5. The molecule has 0 amide bonds. The van der Waals surface area contributed by atoms with Crippen molar-refractivity contribution in [1.82, 2.24) is 0 Å². The van der Waals surface area contributed by atoms with Crippen LogP contribution in [0.3, 0.4) is 0 Å². The number of hydrogen-bond donors (Lipinski definition) is 1. The second kappa shape index (κ2) is 4.90. The third kappa shape index (κ3) is 2.66. The number of Topliss-reactive ketones (excluding diaryl/α,β-unsaturated/α-hetero) is 1. The van der Waals surface area contributed by atoms with E-state index in [1.165, 1.54) is 25.1 Å². The van der Waals surface area contributed by atoms with E-state index in [0.29, 0.717) is 0 Å². The van der Waals surface area contributed by atoms with Crippen molar-refractivity contribution in [3.05, 3.63) is 51.2 Å². The van der Waals surface area contributed by atoms with Gasteiger partial charge in [-0.25, -0.2) is 0 Å². The highest BCUT2D eigenvalue weighted by Crippen LogP contribution is 2.16. The molecule has 1 aromatic carbocycles. The molecule has 2 N–H and O–H groups in total. The predicted molar refractivity (Wildman–Crippen MR) is 59.9 cm³/mol. The summed E-state index contributed by atoms with van der Waals surface area (Å²) in [6, 6.07) is 6.84. The van der Waals surface area contributed by atoms with Gasteiger partial charge in [0.1, 0.15) is 11.6 Å². The molecule has 0 bridgehead atoms. The molecule has 0 unspecified atom stereocenters. The number of rotatable bonds is 3. The maximum absolute atomic E-state index is 11.8. The summed E-state index contributed by atoms with van der Waals surface area (Å²) in [5.41, 5.74) is 5.13. The summed E-state index contributed by atoms with van der Waals surface area (Å²) in [6.45, 7) is 1.42. The monoisotopic (exact) mass is 231 g/mol. The number of nitro groups is 1. The van der Waals surface area contributed by atoms with Crippen LogP contribution in [0.25, 0.3) is 0 Å². The van der Waals surface area contributed by atoms with Crippen molar-refractivity contribution in [2.24, 2.45) is 5.73 Å². The molecular weight excluding hydrogens is 222 g/mol. The van der Waals surface area contributed by atoms with E-state index in [4.69, 9.17) is 11.0 Å². The zero-order valence-electron chi connectivity index (χ0n) is 9.01. The molecule has 17 heavy (non-hydrogen) atoms. The summed E-state index contributed by atoms with van der Waals surface area (Å²) in [7, 11) is 0. The number of ketones is 1. The maximum atomic E-state index is 11.8. The minimum Gasteiger partial charge on any atom is -0.401 e. The van der Waals surface area contributed by atoms with E-state index in [1.54, 1.807) is 6.07 Å². The average Bonchev–Trinajstić information content (AvgIpc) is 2.29. The Kier molecular flexibility index (Phi) is 3.57. The molecule has 0 aromatic heterocycles. The third-order valence-corrected chi connectivity index (χ3v) is 2.05. The number of allylic oxidation sites excluding steroid dienone is 2. The minimum absolute atomic E-state index is 0.0700. The summed E-state index contributed by atoms with van der Waals surface area (Å²) in [5.74, 6) is -0.615. The molecule has 0 aliphatic carbocycles. The molecule has 1 rings (SSSR count). The number of benzene rings is 1. The van der Waals surface area contributed by atoms with Gasteiger partial charge >= 0.3 is 0 Å². The average molecular weight is 231 g/mol. The van der Waals surface area contributed by atoms with Crippen LogP contribution in [0.4, 0.5) is 5.69 Å². The highest BCUT2D eigenvalue weighted by molar-refractivity contribution is 6.11. The molecule has 0 spiro atoms. The molecule has 0 aliphatic heterocycles. The predicted octanol–water partition coefficient (Wildman–Crippen LogP) is 1.53. The first-order valence-electron chi connectivity index (χ1n) is 4.63. The molecule has 0 saturated heterocycles. The molecule has 0 atom stereocenters. The van der Waals surface area contributed by atoms with E-state index in [0.717, 1.165) is 6.07 Å². The second-order valence-corrected chi connectivity index (χ2v) is 3.31. The lowest BCUT2D eigenvalue weighted by Gasteiger charge is -2.00. The van der Waals surface area contributed by atoms with Crippen LogP contribution < -0.4 is 5.73 Å². The Morgan fingerprint density at radius 3 is 2.65 bits per heavy atom. The van der Waals surface area contributed by atoms with Gasteiger partial charge in [-0.2, -0.15) is 5.26 Å². The van der Waals surface area contributed by atoms with Crippen LogP contribution in [0.5, 0.6) is 0 Å². The number of nitriles is 1. The molecule has 6 nitrogen and oxygen atoms in total. The molecule has 6 heteroatoms. The zero-order valence-corrected chi connectivity index (χ0v) is 9.01. The van der Waals surface area contributed by atoms with Gasteiger partial charge in [0.05, 0.1) is 4.92 Å². The van der Waals surface area contributed by atoms with E-state index in [9.17, 15) is 14.9 Å². The Balaban J connectivity index is 3.23. The molecule has 1 aromatic rings. The van der Waals surface area contributed by atoms with Crippen LogP contribution in [0.15, 0.2) is 35.5 Å². The fourth-order valence-corrected chi connectivity index (χ4v) is 1.22. The minimum atomic E-state index is -0.615. The maximum Gasteiger partial charge on any atom is 0.270 e. The second-order valence-electron chi connectivity index (χ2n) is 3.31. The highest BCUT2D eigenvalue weighted by atomic mass is 16.6. The molecule has 0 saturated carbocycles. The van der Waals surface area contributed by atoms with E-state index in [-0.39, 0.29) is 22.5 Å². The number of non-ortho nitro benzene ring substituents is 1. The lowest BCUT2D eigenvalue weighted by molar-refractivity contribution is -0.384. The van der Waals surface area contributed by atoms with E-state index in [2.05, 4.69) is 0 Å². The fraction of sp³-hybridized carbons (Fsp3) is 0.0909. The van der Waals surface area contributed by atoms with Crippen molar-refractivity contribution >= 4 is 11.5 Å². The number of carbonyl (C=O) groups excluding carboxylic acids is 1. The van der Waals surface area contributed by atoms with Crippen LogP contribution in [0, 0.1) is 21.4 Å². The fourth-order valence-electron chi connectivity index (χ4n) is 1.22. The van der Waals surface area contributed by atoms with Crippen molar-refractivity contribution in [1.29, 1.82) is 5.26 Å². The Morgan fingerprint density at radius 2 is 2.18 bits per heavy atom. The molecule has 0 heterocycles. The van der Waals surface area contributed by atoms with Crippen molar-refractivity contribution in [3.8, 4) is 6.07 Å². The lowest BCUT2D eigenvalue weighted by atomic mass is 10.0. The third-order valence-electron chi connectivity index (χ3n) is 2.05. The van der Waals surface area contributed by atoms with Gasteiger partial charge in [0.15, 0.2) is 0 Å². The lowest BCUT2D eigenvalue weighted by Crippen LogP contribution is -2.08. The first kappa shape index (κ1) is 12.4. The molecular formula is C11H9N3O3. The van der Waals surface area contributed by atoms with E-state index >= 15 is 0 Å². The van der Waals surface area contributed by atoms with Crippen molar-refractivity contribution in [2.45, 2.75) is 6.92 Å². The van der Waals surface area contributed by atoms with Gasteiger partial charge < -0.3 is 5.73 Å². The number of nitrogens with zero attached hydrogens (tertiary/aromatic N) is 2. The number of nitro benzene ring substituents is 1. The zero-order chi connectivity index (χ0) is 13.0. The van der Waals surface area contributed by atoms with Crippen molar-refractivity contribution in [2.75, 3.05) is 0 Å². The molecule has 86 valence electrons. The van der Waals surface area contributed by atoms with Crippen LogP contribution in [0.1, 0.15) is 17.3 Å². The number of nitrogens with two attached hydrogens (primary N) is 1. The summed E-state index contributed by atoms with van der Waals surface area (Å²) in [6.07, 6.45) is 0. The summed E-state index contributed by atoms with van der Waals surface area (Å²) in [4.78, 5) is 21.7. The van der Waals surface area contributed by atoms with Gasteiger partial charge in [-0.3, -0.25) is 14.9 Å². The number of carbonyl (C=O) groups is 1. The van der Waals surface area contributed by atoms with E-state index in [1.807, 2.05) is 0 Å². The van der Waals surface area contributed by atoms with Crippen molar-refractivity contribution in [3.63, 3.8) is 0 Å². The van der Waals surface area contributed by atoms with Gasteiger partial charge in [0, 0.05) is 23.4 Å². The van der Waals surface area contributed by atoms with Gasteiger partial charge in [-0.1, -0.05) is 12.1 Å². The van der Waals surface area contributed by atoms with Crippen LogP contribution in [-0.4, -0.2) is 10.7 Å². The Bertz CT molecular complexity index is 551. The van der Waals surface area contributed by atoms with Crippen LogP contribution >= 0.6 is 0 Å². The topological polar surface area (TPSA) is 110 Å². The van der Waals surface area contributed by atoms with Crippen LogP contribution in [-0.2, 0) is 0 Å². The smallest absolute Gasteiger partial charge is 0.270 e. The normalized spacial score (nSPS) is 11.3. The van der Waals surface area contributed by atoms with Gasteiger partial charge in [-0.05, 0) is 6.92 Å². The summed E-state index contributed by atoms with van der Waals surface area (Å²) in [5, 5.41) is 19.3. The van der Waals surface area contributed by atoms with Crippen molar-refractivity contribution < 1.29 is 9.72 Å².